The summed E-state index contributed by atoms with van der Waals surface area (Å²) in [6.45, 7) is 8.34. The van der Waals surface area contributed by atoms with Crippen LogP contribution < -0.4 is 0 Å². The van der Waals surface area contributed by atoms with Gasteiger partial charge in [-0.1, -0.05) is 38.1 Å². The zero-order valence-electron chi connectivity index (χ0n) is 10.6. The SMILES string of the molecule is CCCN(CCC)C(=N)c1ccccc1C. The van der Waals surface area contributed by atoms with Gasteiger partial charge in [-0.25, -0.2) is 0 Å². The van der Waals surface area contributed by atoms with Crippen LogP contribution in [0.3, 0.4) is 0 Å². The molecule has 1 aromatic carbocycles. The highest BCUT2D eigenvalue weighted by Gasteiger charge is 2.11. The molecule has 0 aromatic heterocycles. The number of benzene rings is 1. The highest BCUT2D eigenvalue weighted by atomic mass is 15.2. The third-order valence-electron chi connectivity index (χ3n) is 2.70. The lowest BCUT2D eigenvalue weighted by atomic mass is 10.1. The molecule has 1 rings (SSSR count). The molecule has 0 aliphatic heterocycles. The summed E-state index contributed by atoms with van der Waals surface area (Å²) >= 11 is 0. The summed E-state index contributed by atoms with van der Waals surface area (Å²) in [4.78, 5) is 2.17. The van der Waals surface area contributed by atoms with E-state index < -0.39 is 0 Å². The highest BCUT2D eigenvalue weighted by molar-refractivity contribution is 5.97. The van der Waals surface area contributed by atoms with Gasteiger partial charge in [0.15, 0.2) is 0 Å². The fourth-order valence-electron chi connectivity index (χ4n) is 1.88. The Labute approximate surface area is 98.8 Å². The first kappa shape index (κ1) is 12.8. The van der Waals surface area contributed by atoms with E-state index in [4.69, 9.17) is 5.41 Å². The molecule has 0 saturated carbocycles. The van der Waals surface area contributed by atoms with Crippen molar-refractivity contribution < 1.29 is 0 Å². The average Bonchev–Trinajstić information content (AvgIpc) is 2.28. The van der Waals surface area contributed by atoms with Crippen LogP contribution in [-0.4, -0.2) is 23.8 Å². The van der Waals surface area contributed by atoms with Crippen molar-refractivity contribution in [1.82, 2.24) is 4.90 Å². The van der Waals surface area contributed by atoms with Gasteiger partial charge in [0.1, 0.15) is 5.84 Å². The molecule has 0 spiro atoms. The lowest BCUT2D eigenvalue weighted by Gasteiger charge is -2.25. The summed E-state index contributed by atoms with van der Waals surface area (Å²) in [5, 5.41) is 8.26. The van der Waals surface area contributed by atoms with Crippen LogP contribution in [0.1, 0.15) is 37.8 Å². The van der Waals surface area contributed by atoms with E-state index in [1.807, 2.05) is 18.2 Å². The average molecular weight is 218 g/mol. The lowest BCUT2D eigenvalue weighted by molar-refractivity contribution is 0.415. The van der Waals surface area contributed by atoms with Crippen LogP contribution in [0.5, 0.6) is 0 Å². The molecule has 16 heavy (non-hydrogen) atoms. The van der Waals surface area contributed by atoms with E-state index in [9.17, 15) is 0 Å². The number of nitrogens with zero attached hydrogens (tertiary/aromatic N) is 1. The second-order valence-electron chi connectivity index (χ2n) is 4.15. The molecule has 0 heterocycles. The predicted octanol–water partition coefficient (Wildman–Crippen LogP) is 3.44. The van der Waals surface area contributed by atoms with Crippen LogP contribution in [0, 0.1) is 12.3 Å². The van der Waals surface area contributed by atoms with Crippen molar-refractivity contribution in [3.63, 3.8) is 0 Å². The van der Waals surface area contributed by atoms with E-state index in [0.717, 1.165) is 31.5 Å². The van der Waals surface area contributed by atoms with Crippen LogP contribution in [0.25, 0.3) is 0 Å². The molecule has 1 N–H and O–H groups in total. The molecule has 0 bridgehead atoms. The number of hydrogen-bond acceptors (Lipinski definition) is 1. The summed E-state index contributed by atoms with van der Waals surface area (Å²) in [7, 11) is 0. The fraction of sp³-hybridized carbons (Fsp3) is 0.500. The van der Waals surface area contributed by atoms with Crippen molar-refractivity contribution in [2.45, 2.75) is 33.6 Å². The van der Waals surface area contributed by atoms with Gasteiger partial charge in [-0.05, 0) is 25.3 Å². The van der Waals surface area contributed by atoms with Crippen molar-refractivity contribution >= 4 is 5.84 Å². The van der Waals surface area contributed by atoms with Crippen molar-refractivity contribution in [3.8, 4) is 0 Å². The second-order valence-corrected chi connectivity index (χ2v) is 4.15. The maximum atomic E-state index is 8.26. The smallest absolute Gasteiger partial charge is 0.128 e. The first-order chi connectivity index (χ1) is 7.70. The summed E-state index contributed by atoms with van der Waals surface area (Å²) in [5.41, 5.74) is 2.24. The van der Waals surface area contributed by atoms with Gasteiger partial charge in [0.25, 0.3) is 0 Å². The van der Waals surface area contributed by atoms with Gasteiger partial charge in [-0.2, -0.15) is 0 Å². The maximum absolute atomic E-state index is 8.26. The number of rotatable bonds is 5. The third-order valence-corrected chi connectivity index (χ3v) is 2.70. The van der Waals surface area contributed by atoms with E-state index in [0.29, 0.717) is 5.84 Å². The van der Waals surface area contributed by atoms with E-state index in [1.165, 1.54) is 5.56 Å². The Morgan fingerprint density at radius 2 is 1.69 bits per heavy atom. The minimum Gasteiger partial charge on any atom is -0.357 e. The molecule has 0 aliphatic carbocycles. The van der Waals surface area contributed by atoms with Crippen LogP contribution >= 0.6 is 0 Å². The van der Waals surface area contributed by atoms with Gasteiger partial charge in [-0.3, -0.25) is 5.41 Å². The van der Waals surface area contributed by atoms with E-state index in [-0.39, 0.29) is 0 Å². The first-order valence-corrected chi connectivity index (χ1v) is 6.10. The first-order valence-electron chi connectivity index (χ1n) is 6.10. The molecule has 0 amide bonds. The Kier molecular flexibility index (Phi) is 5.03. The molecule has 0 fully saturated rings. The van der Waals surface area contributed by atoms with E-state index in [1.54, 1.807) is 0 Å². The normalized spacial score (nSPS) is 10.2. The second kappa shape index (κ2) is 6.31. The number of nitrogens with one attached hydrogen (secondary N) is 1. The van der Waals surface area contributed by atoms with Crippen LogP contribution in [0.15, 0.2) is 24.3 Å². The van der Waals surface area contributed by atoms with Crippen molar-refractivity contribution in [2.75, 3.05) is 13.1 Å². The van der Waals surface area contributed by atoms with Gasteiger partial charge in [0.05, 0.1) is 0 Å². The molecule has 88 valence electrons. The number of hydrogen-bond donors (Lipinski definition) is 1. The van der Waals surface area contributed by atoms with E-state index in [2.05, 4.69) is 31.7 Å². The minimum atomic E-state index is 0.668. The Balaban J connectivity index is 2.85. The monoisotopic (exact) mass is 218 g/mol. The molecule has 0 atom stereocenters. The largest absolute Gasteiger partial charge is 0.357 e. The van der Waals surface area contributed by atoms with Crippen LogP contribution in [-0.2, 0) is 0 Å². The minimum absolute atomic E-state index is 0.668. The zero-order valence-corrected chi connectivity index (χ0v) is 10.6. The molecule has 0 radical (unpaired) electrons. The van der Waals surface area contributed by atoms with Gasteiger partial charge in [0.2, 0.25) is 0 Å². The van der Waals surface area contributed by atoms with Gasteiger partial charge in [-0.15, -0.1) is 0 Å². The molecule has 0 saturated heterocycles. The molecular formula is C14H22N2. The van der Waals surface area contributed by atoms with Crippen molar-refractivity contribution in [2.24, 2.45) is 0 Å². The Morgan fingerprint density at radius 1 is 1.12 bits per heavy atom. The fourth-order valence-corrected chi connectivity index (χ4v) is 1.88. The van der Waals surface area contributed by atoms with Crippen molar-refractivity contribution in [3.05, 3.63) is 35.4 Å². The standard InChI is InChI=1S/C14H22N2/c1-4-10-16(11-5-2)14(15)13-9-7-6-8-12(13)3/h6-9,15H,4-5,10-11H2,1-3H3. The van der Waals surface area contributed by atoms with Crippen molar-refractivity contribution in [1.29, 1.82) is 5.41 Å². The summed E-state index contributed by atoms with van der Waals surface area (Å²) in [6, 6.07) is 8.14. The van der Waals surface area contributed by atoms with E-state index >= 15 is 0 Å². The summed E-state index contributed by atoms with van der Waals surface area (Å²) in [6.07, 6.45) is 2.18. The Hall–Kier alpha value is -1.31. The van der Waals surface area contributed by atoms with Gasteiger partial charge >= 0.3 is 0 Å². The summed E-state index contributed by atoms with van der Waals surface area (Å²) in [5.74, 6) is 0.668. The Morgan fingerprint density at radius 3 is 2.19 bits per heavy atom. The lowest BCUT2D eigenvalue weighted by Crippen LogP contribution is -2.32. The topological polar surface area (TPSA) is 27.1 Å². The molecule has 0 aliphatic rings. The molecule has 1 aromatic rings. The van der Waals surface area contributed by atoms with Gasteiger partial charge in [0, 0.05) is 18.7 Å². The molecular weight excluding hydrogens is 196 g/mol. The highest BCUT2D eigenvalue weighted by Crippen LogP contribution is 2.11. The molecule has 2 heteroatoms. The zero-order chi connectivity index (χ0) is 12.0. The van der Waals surface area contributed by atoms with Gasteiger partial charge < -0.3 is 4.90 Å². The summed E-state index contributed by atoms with van der Waals surface area (Å²) < 4.78 is 0. The molecule has 0 unspecified atom stereocenters. The van der Waals surface area contributed by atoms with Crippen LogP contribution in [0.4, 0.5) is 0 Å². The predicted molar refractivity (Wildman–Crippen MR) is 70.2 cm³/mol. The number of amidine groups is 1. The third kappa shape index (κ3) is 3.09. The maximum Gasteiger partial charge on any atom is 0.128 e. The van der Waals surface area contributed by atoms with Crippen LogP contribution in [0.2, 0.25) is 0 Å². The number of aryl methyl sites for hydroxylation is 1. The Bertz CT molecular complexity index is 338. The quantitative estimate of drug-likeness (QED) is 0.595. The molecule has 2 nitrogen and oxygen atoms in total.